The first-order chi connectivity index (χ1) is 11.1. The number of rotatable bonds is 8. The van der Waals surface area contributed by atoms with Crippen molar-refractivity contribution >= 4 is 0 Å². The van der Waals surface area contributed by atoms with E-state index in [4.69, 9.17) is 0 Å². The van der Waals surface area contributed by atoms with E-state index in [1.807, 2.05) is 0 Å². The zero-order chi connectivity index (χ0) is 16.7. The summed E-state index contributed by atoms with van der Waals surface area (Å²) in [5.74, 6) is 2.82. The minimum atomic E-state index is 0.640. The Labute approximate surface area is 143 Å². The molecule has 3 atom stereocenters. The van der Waals surface area contributed by atoms with Gasteiger partial charge in [-0.25, -0.2) is 0 Å². The van der Waals surface area contributed by atoms with Gasteiger partial charge in [0.25, 0.3) is 0 Å². The molecule has 23 heavy (non-hydrogen) atoms. The van der Waals surface area contributed by atoms with E-state index in [2.05, 4.69) is 88.4 Å². The van der Waals surface area contributed by atoms with E-state index in [1.54, 1.807) is 0 Å². The monoisotopic (exact) mass is 308 g/mol. The second-order valence-electron chi connectivity index (χ2n) is 7.63. The molecule has 0 saturated carbocycles. The maximum atomic E-state index is 2.43. The zero-order valence-corrected chi connectivity index (χ0v) is 15.2. The summed E-state index contributed by atoms with van der Waals surface area (Å²) in [5.41, 5.74) is 2.99. The maximum absolute atomic E-state index is 2.43. The second-order valence-corrected chi connectivity index (χ2v) is 7.63. The van der Waals surface area contributed by atoms with E-state index >= 15 is 0 Å². The number of benzene rings is 2. The van der Waals surface area contributed by atoms with Crippen molar-refractivity contribution in [3.63, 3.8) is 0 Å². The van der Waals surface area contributed by atoms with Crippen molar-refractivity contribution in [1.29, 1.82) is 0 Å². The summed E-state index contributed by atoms with van der Waals surface area (Å²) in [7, 11) is 0. The molecule has 0 heterocycles. The molecule has 2 aromatic carbocycles. The maximum Gasteiger partial charge on any atom is -0.0157 e. The van der Waals surface area contributed by atoms with E-state index in [1.165, 1.54) is 30.4 Å². The molecule has 3 unspecified atom stereocenters. The predicted octanol–water partition coefficient (Wildman–Crippen LogP) is 7.04. The molecule has 0 amide bonds. The van der Waals surface area contributed by atoms with E-state index in [0.29, 0.717) is 11.8 Å². The summed E-state index contributed by atoms with van der Waals surface area (Å²) in [6.45, 7) is 9.47. The molecule has 0 bridgehead atoms. The van der Waals surface area contributed by atoms with Gasteiger partial charge in [-0.05, 0) is 54.1 Å². The van der Waals surface area contributed by atoms with E-state index in [0.717, 1.165) is 11.8 Å². The van der Waals surface area contributed by atoms with Crippen LogP contribution in [0.25, 0.3) is 0 Å². The second kappa shape index (κ2) is 8.91. The molecule has 0 fully saturated rings. The normalized spacial score (nSPS) is 15.3. The van der Waals surface area contributed by atoms with E-state index in [9.17, 15) is 0 Å². The van der Waals surface area contributed by atoms with Crippen LogP contribution in [-0.4, -0.2) is 0 Å². The fourth-order valence-corrected chi connectivity index (χ4v) is 3.77. The lowest BCUT2D eigenvalue weighted by Gasteiger charge is -2.25. The van der Waals surface area contributed by atoms with Crippen molar-refractivity contribution in [1.82, 2.24) is 0 Å². The van der Waals surface area contributed by atoms with Gasteiger partial charge in [-0.2, -0.15) is 0 Å². The Bertz CT molecular complexity index is 541. The third kappa shape index (κ3) is 5.86. The van der Waals surface area contributed by atoms with Crippen LogP contribution in [-0.2, 0) is 0 Å². The fourth-order valence-electron chi connectivity index (χ4n) is 3.77. The molecule has 0 nitrogen and oxygen atoms in total. The number of hydrogen-bond donors (Lipinski definition) is 0. The van der Waals surface area contributed by atoms with Gasteiger partial charge in [-0.15, -0.1) is 0 Å². The first-order valence-corrected chi connectivity index (χ1v) is 9.16. The van der Waals surface area contributed by atoms with Gasteiger partial charge in [0.15, 0.2) is 0 Å². The van der Waals surface area contributed by atoms with Crippen molar-refractivity contribution < 1.29 is 0 Å². The van der Waals surface area contributed by atoms with Gasteiger partial charge >= 0.3 is 0 Å². The summed E-state index contributed by atoms with van der Waals surface area (Å²) < 4.78 is 0. The Morgan fingerprint density at radius 3 is 1.65 bits per heavy atom. The van der Waals surface area contributed by atoms with Gasteiger partial charge < -0.3 is 0 Å². The molecule has 2 rings (SSSR count). The third-order valence-electron chi connectivity index (χ3n) is 4.84. The summed E-state index contributed by atoms with van der Waals surface area (Å²) in [6, 6.07) is 22.0. The quantitative estimate of drug-likeness (QED) is 0.490. The molecule has 0 heteroatoms. The molecule has 0 aliphatic heterocycles. The van der Waals surface area contributed by atoms with Crippen LogP contribution in [0.1, 0.15) is 69.9 Å². The fraction of sp³-hybridized carbons (Fsp3) is 0.478. The Morgan fingerprint density at radius 2 is 1.13 bits per heavy atom. The molecule has 2 aromatic rings. The van der Waals surface area contributed by atoms with Gasteiger partial charge in [-0.1, -0.05) is 88.4 Å². The molecular weight excluding hydrogens is 276 g/mol. The third-order valence-corrected chi connectivity index (χ3v) is 4.84. The van der Waals surface area contributed by atoms with Crippen LogP contribution in [0.3, 0.4) is 0 Å². The van der Waals surface area contributed by atoms with Crippen LogP contribution in [0.4, 0.5) is 0 Å². The zero-order valence-electron chi connectivity index (χ0n) is 15.2. The van der Waals surface area contributed by atoms with Crippen LogP contribution in [0.15, 0.2) is 60.7 Å². The van der Waals surface area contributed by atoms with Crippen LogP contribution in [0.2, 0.25) is 0 Å². The molecule has 0 saturated heterocycles. The largest absolute Gasteiger partial charge is 0.0628 e. The predicted molar refractivity (Wildman–Crippen MR) is 102 cm³/mol. The highest BCUT2D eigenvalue weighted by Gasteiger charge is 2.18. The Balaban J connectivity index is 1.98. The smallest absolute Gasteiger partial charge is 0.0157 e. The topological polar surface area (TPSA) is 0 Å². The molecule has 0 radical (unpaired) electrons. The molecule has 0 spiro atoms. The van der Waals surface area contributed by atoms with Crippen molar-refractivity contribution in [2.45, 2.75) is 58.8 Å². The average Bonchev–Trinajstić information content (AvgIpc) is 2.55. The van der Waals surface area contributed by atoms with Crippen molar-refractivity contribution in [3.8, 4) is 0 Å². The van der Waals surface area contributed by atoms with Crippen LogP contribution >= 0.6 is 0 Å². The Hall–Kier alpha value is -1.56. The molecule has 0 aliphatic rings. The van der Waals surface area contributed by atoms with Crippen molar-refractivity contribution in [2.24, 2.45) is 11.8 Å². The average molecular weight is 309 g/mol. The van der Waals surface area contributed by atoms with E-state index < -0.39 is 0 Å². The lowest BCUT2D eigenvalue weighted by Crippen LogP contribution is -2.10. The molecule has 124 valence electrons. The first-order valence-electron chi connectivity index (χ1n) is 9.16. The summed E-state index contributed by atoms with van der Waals surface area (Å²) in [4.78, 5) is 0. The summed E-state index contributed by atoms with van der Waals surface area (Å²) in [5, 5.41) is 0. The lowest BCUT2D eigenvalue weighted by molar-refractivity contribution is 0.376. The molecular formula is C23H32. The van der Waals surface area contributed by atoms with Crippen LogP contribution in [0, 0.1) is 11.8 Å². The van der Waals surface area contributed by atoms with Crippen molar-refractivity contribution in [2.75, 3.05) is 0 Å². The molecule has 0 aliphatic carbocycles. The van der Waals surface area contributed by atoms with Gasteiger partial charge in [-0.3, -0.25) is 0 Å². The van der Waals surface area contributed by atoms with Crippen molar-refractivity contribution in [3.05, 3.63) is 71.8 Å². The molecule has 0 aromatic heterocycles. The SMILES string of the molecule is CC(C)CC(CC(C)CC(C)c1ccccc1)c1ccccc1. The lowest BCUT2D eigenvalue weighted by atomic mass is 9.80. The first kappa shape index (κ1) is 17.8. The van der Waals surface area contributed by atoms with Crippen LogP contribution < -0.4 is 0 Å². The minimum Gasteiger partial charge on any atom is -0.0628 e. The minimum absolute atomic E-state index is 0.640. The highest BCUT2D eigenvalue weighted by atomic mass is 14.2. The van der Waals surface area contributed by atoms with E-state index in [-0.39, 0.29) is 0 Å². The van der Waals surface area contributed by atoms with Gasteiger partial charge in [0, 0.05) is 0 Å². The standard InChI is InChI=1S/C23H32/c1-18(2)15-23(22-13-9-6-10-14-22)17-19(3)16-20(4)21-11-7-5-8-12-21/h5-14,18-20,23H,15-17H2,1-4H3. The summed E-state index contributed by atoms with van der Waals surface area (Å²) >= 11 is 0. The van der Waals surface area contributed by atoms with Gasteiger partial charge in [0.2, 0.25) is 0 Å². The summed E-state index contributed by atoms with van der Waals surface area (Å²) in [6.07, 6.45) is 3.85. The van der Waals surface area contributed by atoms with Gasteiger partial charge in [0.05, 0.1) is 0 Å². The Kier molecular flexibility index (Phi) is 6.89. The Morgan fingerprint density at radius 1 is 0.609 bits per heavy atom. The molecule has 0 N–H and O–H groups in total. The van der Waals surface area contributed by atoms with Gasteiger partial charge in [0.1, 0.15) is 0 Å². The highest BCUT2D eigenvalue weighted by Crippen LogP contribution is 2.34. The van der Waals surface area contributed by atoms with Crippen LogP contribution in [0.5, 0.6) is 0 Å². The highest BCUT2D eigenvalue weighted by molar-refractivity contribution is 5.20. The number of hydrogen-bond acceptors (Lipinski definition) is 0.